The van der Waals surface area contributed by atoms with E-state index in [1.165, 1.54) is 6.07 Å². The first-order valence-corrected chi connectivity index (χ1v) is 9.04. The van der Waals surface area contributed by atoms with Gasteiger partial charge in [0.1, 0.15) is 5.75 Å². The highest BCUT2D eigenvalue weighted by Gasteiger charge is 2.29. The standard InChI is InChI=1S/C19H25N5O3/c1-3-27-16-6-4-13(5-7-16)18(26)24-9-8-15(12-24)23(2)11-14-10-17(25)22-19(20)21-14/h4-7,10,15H,3,8-9,11-12H2,1-2H3,(H3,20,21,22,25). The van der Waals surface area contributed by atoms with Crippen LogP contribution >= 0.6 is 0 Å². The third kappa shape index (κ3) is 4.65. The number of aromatic amines is 1. The van der Waals surface area contributed by atoms with Gasteiger partial charge in [0.15, 0.2) is 0 Å². The second-order valence-corrected chi connectivity index (χ2v) is 6.69. The van der Waals surface area contributed by atoms with Crippen molar-refractivity contribution in [3.8, 4) is 5.75 Å². The molecule has 2 heterocycles. The van der Waals surface area contributed by atoms with Crippen LogP contribution in [0.1, 0.15) is 29.4 Å². The lowest BCUT2D eigenvalue weighted by Crippen LogP contribution is -2.36. The summed E-state index contributed by atoms with van der Waals surface area (Å²) in [4.78, 5) is 34.8. The number of nitrogens with one attached hydrogen (secondary N) is 1. The quantitative estimate of drug-likeness (QED) is 0.788. The first-order chi connectivity index (χ1) is 13.0. The van der Waals surface area contributed by atoms with Crippen LogP contribution in [0.2, 0.25) is 0 Å². The average Bonchev–Trinajstić information content (AvgIpc) is 3.11. The zero-order chi connectivity index (χ0) is 19.4. The van der Waals surface area contributed by atoms with Gasteiger partial charge in [0, 0.05) is 37.3 Å². The number of H-pyrrole nitrogens is 1. The number of carbonyl (C=O) groups is 1. The molecule has 1 fully saturated rings. The third-order valence-electron chi connectivity index (χ3n) is 4.71. The molecule has 0 bridgehead atoms. The van der Waals surface area contributed by atoms with Gasteiger partial charge in [-0.25, -0.2) is 4.98 Å². The Morgan fingerprint density at radius 3 is 2.81 bits per heavy atom. The minimum absolute atomic E-state index is 0.0208. The Morgan fingerprint density at radius 2 is 2.15 bits per heavy atom. The number of likely N-dealkylation sites (tertiary alicyclic amines) is 1. The Kier molecular flexibility index (Phi) is 5.75. The number of rotatable bonds is 6. The number of amides is 1. The van der Waals surface area contributed by atoms with Crippen LogP contribution in [0.5, 0.6) is 5.75 Å². The molecule has 8 heteroatoms. The van der Waals surface area contributed by atoms with Gasteiger partial charge in [-0.05, 0) is 44.7 Å². The van der Waals surface area contributed by atoms with Crippen molar-refractivity contribution < 1.29 is 9.53 Å². The van der Waals surface area contributed by atoms with E-state index < -0.39 is 0 Å². The summed E-state index contributed by atoms with van der Waals surface area (Å²) in [5.41, 5.74) is 6.62. The van der Waals surface area contributed by atoms with Gasteiger partial charge in [-0.2, -0.15) is 0 Å². The normalized spacial score (nSPS) is 16.7. The fourth-order valence-corrected chi connectivity index (χ4v) is 3.32. The molecule has 0 aliphatic carbocycles. The molecular weight excluding hydrogens is 346 g/mol. The molecule has 1 aromatic carbocycles. The summed E-state index contributed by atoms with van der Waals surface area (Å²) in [7, 11) is 1.97. The van der Waals surface area contributed by atoms with Gasteiger partial charge < -0.3 is 15.4 Å². The van der Waals surface area contributed by atoms with Crippen LogP contribution in [0.4, 0.5) is 5.95 Å². The lowest BCUT2D eigenvalue weighted by atomic mass is 10.2. The lowest BCUT2D eigenvalue weighted by molar-refractivity contribution is 0.0779. The molecule has 1 unspecified atom stereocenters. The van der Waals surface area contributed by atoms with Crippen LogP contribution in [-0.2, 0) is 6.54 Å². The van der Waals surface area contributed by atoms with Gasteiger partial charge in [0.05, 0.1) is 12.3 Å². The minimum Gasteiger partial charge on any atom is -0.494 e. The highest BCUT2D eigenvalue weighted by atomic mass is 16.5. The van der Waals surface area contributed by atoms with E-state index in [4.69, 9.17) is 10.5 Å². The molecule has 144 valence electrons. The van der Waals surface area contributed by atoms with Crippen molar-refractivity contribution in [1.82, 2.24) is 19.8 Å². The largest absolute Gasteiger partial charge is 0.494 e. The van der Waals surface area contributed by atoms with Crippen LogP contribution in [0.25, 0.3) is 0 Å². The molecule has 1 aromatic heterocycles. The van der Waals surface area contributed by atoms with Crippen LogP contribution in [0.15, 0.2) is 35.1 Å². The monoisotopic (exact) mass is 371 g/mol. The Hall–Kier alpha value is -2.87. The van der Waals surface area contributed by atoms with E-state index >= 15 is 0 Å². The van der Waals surface area contributed by atoms with Crippen molar-refractivity contribution in [1.29, 1.82) is 0 Å². The van der Waals surface area contributed by atoms with Gasteiger partial charge in [-0.15, -0.1) is 0 Å². The Morgan fingerprint density at radius 1 is 1.41 bits per heavy atom. The van der Waals surface area contributed by atoms with Crippen LogP contribution in [0.3, 0.4) is 0 Å². The maximum Gasteiger partial charge on any atom is 0.253 e. The van der Waals surface area contributed by atoms with E-state index in [-0.39, 0.29) is 23.5 Å². The number of hydrogen-bond donors (Lipinski definition) is 2. The summed E-state index contributed by atoms with van der Waals surface area (Å²) < 4.78 is 5.42. The fraction of sp³-hybridized carbons (Fsp3) is 0.421. The topological polar surface area (TPSA) is 105 Å². The smallest absolute Gasteiger partial charge is 0.253 e. The molecule has 0 radical (unpaired) electrons. The summed E-state index contributed by atoms with van der Waals surface area (Å²) in [6.07, 6.45) is 0.873. The molecule has 8 nitrogen and oxygen atoms in total. The highest BCUT2D eigenvalue weighted by molar-refractivity contribution is 5.94. The molecule has 1 amide bonds. The predicted molar refractivity (Wildman–Crippen MR) is 103 cm³/mol. The van der Waals surface area contributed by atoms with Crippen LogP contribution < -0.4 is 16.0 Å². The first kappa shape index (κ1) is 18.9. The number of anilines is 1. The third-order valence-corrected chi connectivity index (χ3v) is 4.71. The molecule has 1 saturated heterocycles. The first-order valence-electron chi connectivity index (χ1n) is 9.04. The zero-order valence-corrected chi connectivity index (χ0v) is 15.6. The Balaban J connectivity index is 1.60. The number of aromatic nitrogens is 2. The zero-order valence-electron chi connectivity index (χ0n) is 15.6. The van der Waals surface area contributed by atoms with Crippen molar-refractivity contribution in [3.63, 3.8) is 0 Å². The van der Waals surface area contributed by atoms with E-state index in [0.717, 1.165) is 12.2 Å². The fourth-order valence-electron chi connectivity index (χ4n) is 3.32. The molecule has 3 N–H and O–H groups in total. The molecule has 0 saturated carbocycles. The molecule has 2 aromatic rings. The van der Waals surface area contributed by atoms with E-state index in [9.17, 15) is 9.59 Å². The lowest BCUT2D eigenvalue weighted by Gasteiger charge is -2.24. The van der Waals surface area contributed by atoms with Gasteiger partial charge in [0.25, 0.3) is 11.5 Å². The second kappa shape index (κ2) is 8.22. The molecule has 27 heavy (non-hydrogen) atoms. The molecule has 0 spiro atoms. The summed E-state index contributed by atoms with van der Waals surface area (Å²) in [6.45, 7) is 4.37. The molecule has 1 aliphatic rings. The van der Waals surface area contributed by atoms with Gasteiger partial charge in [-0.3, -0.25) is 19.5 Å². The molecule has 1 aliphatic heterocycles. The predicted octanol–water partition coefficient (Wildman–Crippen LogP) is 1.10. The van der Waals surface area contributed by atoms with E-state index in [2.05, 4.69) is 14.9 Å². The molecular formula is C19H25N5O3. The number of ether oxygens (including phenoxy) is 1. The SMILES string of the molecule is CCOc1ccc(C(=O)N2CCC(N(C)Cc3cc(=O)[nH]c(N)n3)C2)cc1. The van der Waals surface area contributed by atoms with Crippen molar-refractivity contribution >= 4 is 11.9 Å². The summed E-state index contributed by atoms with van der Waals surface area (Å²) in [5, 5.41) is 0. The molecule has 1 atom stereocenters. The molecule has 3 rings (SSSR count). The number of nitrogens with two attached hydrogens (primary N) is 1. The average molecular weight is 371 g/mol. The number of nitrogens with zero attached hydrogens (tertiary/aromatic N) is 3. The number of likely N-dealkylation sites (N-methyl/N-ethyl adjacent to an activating group) is 1. The number of benzene rings is 1. The highest BCUT2D eigenvalue weighted by Crippen LogP contribution is 2.20. The summed E-state index contributed by atoms with van der Waals surface area (Å²) in [5.74, 6) is 0.898. The number of hydrogen-bond acceptors (Lipinski definition) is 6. The van der Waals surface area contributed by atoms with Crippen molar-refractivity contribution in [2.75, 3.05) is 32.5 Å². The van der Waals surface area contributed by atoms with E-state index in [0.29, 0.717) is 37.5 Å². The summed E-state index contributed by atoms with van der Waals surface area (Å²) in [6, 6.07) is 8.89. The maximum atomic E-state index is 12.7. The maximum absolute atomic E-state index is 12.7. The number of nitrogen functional groups attached to an aromatic ring is 1. The van der Waals surface area contributed by atoms with Gasteiger partial charge in [-0.1, -0.05) is 0 Å². The van der Waals surface area contributed by atoms with Crippen LogP contribution in [0, 0.1) is 0 Å². The minimum atomic E-state index is -0.260. The van der Waals surface area contributed by atoms with Gasteiger partial charge in [0.2, 0.25) is 5.95 Å². The van der Waals surface area contributed by atoms with E-state index in [1.54, 1.807) is 12.1 Å². The van der Waals surface area contributed by atoms with Crippen molar-refractivity contribution in [2.24, 2.45) is 0 Å². The van der Waals surface area contributed by atoms with Gasteiger partial charge >= 0.3 is 0 Å². The number of carbonyl (C=O) groups excluding carboxylic acids is 1. The Labute approximate surface area is 158 Å². The Bertz CT molecular complexity index is 849. The van der Waals surface area contributed by atoms with Crippen molar-refractivity contribution in [3.05, 3.63) is 51.9 Å². The summed E-state index contributed by atoms with van der Waals surface area (Å²) >= 11 is 0. The second-order valence-electron chi connectivity index (χ2n) is 6.69. The van der Waals surface area contributed by atoms with Crippen LogP contribution in [-0.4, -0.2) is 58.5 Å². The van der Waals surface area contributed by atoms with E-state index in [1.807, 2.05) is 31.0 Å². The van der Waals surface area contributed by atoms with Crippen molar-refractivity contribution in [2.45, 2.75) is 25.9 Å².